The zero-order chi connectivity index (χ0) is 12.3. The molecular weight excluding hydrogens is 206 g/mol. The molecule has 1 heterocycles. The second-order valence-electron chi connectivity index (χ2n) is 4.46. The summed E-state index contributed by atoms with van der Waals surface area (Å²) in [6.07, 6.45) is 4.20. The van der Waals surface area contributed by atoms with Crippen molar-refractivity contribution in [3.05, 3.63) is 18.0 Å². The lowest BCUT2D eigenvalue weighted by Gasteiger charge is -2.25. The van der Waals surface area contributed by atoms with Gasteiger partial charge in [0.25, 0.3) is 0 Å². The first-order valence-electron chi connectivity index (χ1n) is 5.25. The standard InChI is InChI=1S/C11H19N3O2/c1-8-6-13-14(7-8)9(2)5-11(3,12)10(15)16-4/h6-7,9H,5,12H2,1-4H3. The van der Waals surface area contributed by atoms with Crippen LogP contribution in [-0.4, -0.2) is 28.4 Å². The molecule has 2 atom stereocenters. The number of hydrogen-bond donors (Lipinski definition) is 1. The second kappa shape index (κ2) is 4.65. The van der Waals surface area contributed by atoms with E-state index in [1.54, 1.807) is 13.1 Å². The van der Waals surface area contributed by atoms with Crippen LogP contribution in [0.15, 0.2) is 12.4 Å². The Balaban J connectivity index is 2.70. The molecule has 0 aromatic carbocycles. The van der Waals surface area contributed by atoms with E-state index in [0.717, 1.165) is 5.56 Å². The Bertz CT molecular complexity index is 371. The van der Waals surface area contributed by atoms with E-state index >= 15 is 0 Å². The fourth-order valence-electron chi connectivity index (χ4n) is 1.70. The van der Waals surface area contributed by atoms with Crippen molar-refractivity contribution in [3.8, 4) is 0 Å². The average Bonchev–Trinajstić information content (AvgIpc) is 2.63. The molecule has 1 aromatic rings. The first kappa shape index (κ1) is 12.7. The fourth-order valence-corrected chi connectivity index (χ4v) is 1.70. The molecule has 0 radical (unpaired) electrons. The third-order valence-corrected chi connectivity index (χ3v) is 2.55. The minimum Gasteiger partial charge on any atom is -0.468 e. The molecule has 0 aliphatic heterocycles. The van der Waals surface area contributed by atoms with Crippen LogP contribution in [0.5, 0.6) is 0 Å². The van der Waals surface area contributed by atoms with Crippen LogP contribution in [0.1, 0.15) is 31.9 Å². The smallest absolute Gasteiger partial charge is 0.325 e. The van der Waals surface area contributed by atoms with Gasteiger partial charge < -0.3 is 10.5 Å². The molecule has 0 aliphatic carbocycles. The molecule has 16 heavy (non-hydrogen) atoms. The van der Waals surface area contributed by atoms with Gasteiger partial charge in [-0.05, 0) is 32.8 Å². The number of nitrogens with two attached hydrogens (primary N) is 1. The van der Waals surface area contributed by atoms with E-state index < -0.39 is 11.5 Å². The average molecular weight is 225 g/mol. The van der Waals surface area contributed by atoms with Crippen LogP contribution in [0.2, 0.25) is 0 Å². The molecule has 2 unspecified atom stereocenters. The molecule has 0 spiro atoms. The van der Waals surface area contributed by atoms with Gasteiger partial charge in [-0.15, -0.1) is 0 Å². The van der Waals surface area contributed by atoms with Crippen molar-refractivity contribution in [2.75, 3.05) is 7.11 Å². The van der Waals surface area contributed by atoms with Crippen LogP contribution in [0.3, 0.4) is 0 Å². The Kier molecular flexibility index (Phi) is 3.70. The van der Waals surface area contributed by atoms with Crippen LogP contribution < -0.4 is 5.73 Å². The highest BCUT2D eigenvalue weighted by Crippen LogP contribution is 2.19. The molecule has 0 saturated carbocycles. The van der Waals surface area contributed by atoms with Crippen LogP contribution in [-0.2, 0) is 9.53 Å². The van der Waals surface area contributed by atoms with Crippen LogP contribution >= 0.6 is 0 Å². The summed E-state index contributed by atoms with van der Waals surface area (Å²) in [6, 6.07) is 0.0581. The minimum absolute atomic E-state index is 0.0581. The quantitative estimate of drug-likeness (QED) is 0.777. The maximum atomic E-state index is 11.4. The van der Waals surface area contributed by atoms with Crippen molar-refractivity contribution in [2.45, 2.75) is 38.8 Å². The number of hydrogen-bond acceptors (Lipinski definition) is 4. The van der Waals surface area contributed by atoms with Crippen molar-refractivity contribution in [1.82, 2.24) is 9.78 Å². The van der Waals surface area contributed by atoms with Gasteiger partial charge in [-0.25, -0.2) is 0 Å². The molecule has 1 rings (SSSR count). The highest BCUT2D eigenvalue weighted by Gasteiger charge is 2.31. The van der Waals surface area contributed by atoms with Crippen LogP contribution in [0.4, 0.5) is 0 Å². The molecule has 2 N–H and O–H groups in total. The molecule has 5 heteroatoms. The van der Waals surface area contributed by atoms with Gasteiger partial charge in [-0.2, -0.15) is 5.10 Å². The zero-order valence-corrected chi connectivity index (χ0v) is 10.2. The van der Waals surface area contributed by atoms with Crippen molar-refractivity contribution < 1.29 is 9.53 Å². The van der Waals surface area contributed by atoms with Gasteiger partial charge in [-0.1, -0.05) is 0 Å². The Morgan fingerprint density at radius 2 is 2.38 bits per heavy atom. The topological polar surface area (TPSA) is 70.1 Å². The lowest BCUT2D eigenvalue weighted by atomic mass is 9.95. The van der Waals surface area contributed by atoms with E-state index in [9.17, 15) is 4.79 Å². The van der Waals surface area contributed by atoms with Gasteiger partial charge >= 0.3 is 5.97 Å². The summed E-state index contributed by atoms with van der Waals surface area (Å²) in [6.45, 7) is 5.62. The number of ether oxygens (including phenoxy) is 1. The number of rotatable bonds is 4. The predicted molar refractivity (Wildman–Crippen MR) is 60.9 cm³/mol. The third kappa shape index (κ3) is 2.82. The molecule has 0 saturated heterocycles. The molecule has 0 aliphatic rings. The SMILES string of the molecule is COC(=O)C(C)(N)CC(C)n1cc(C)cn1. The summed E-state index contributed by atoms with van der Waals surface area (Å²) in [7, 11) is 1.34. The van der Waals surface area contributed by atoms with E-state index in [1.807, 2.05) is 24.7 Å². The summed E-state index contributed by atoms with van der Waals surface area (Å²) < 4.78 is 6.47. The van der Waals surface area contributed by atoms with E-state index in [2.05, 4.69) is 9.84 Å². The van der Waals surface area contributed by atoms with Crippen LogP contribution in [0.25, 0.3) is 0 Å². The number of nitrogens with zero attached hydrogens (tertiary/aromatic N) is 2. The lowest BCUT2D eigenvalue weighted by molar-refractivity contribution is -0.147. The lowest BCUT2D eigenvalue weighted by Crippen LogP contribution is -2.47. The molecular formula is C11H19N3O2. The molecule has 90 valence electrons. The number of aryl methyl sites for hydroxylation is 1. The van der Waals surface area contributed by atoms with E-state index in [4.69, 9.17) is 5.73 Å². The number of aromatic nitrogens is 2. The summed E-state index contributed by atoms with van der Waals surface area (Å²) in [4.78, 5) is 11.4. The zero-order valence-electron chi connectivity index (χ0n) is 10.2. The number of esters is 1. The van der Waals surface area contributed by atoms with Gasteiger partial charge in [0.05, 0.1) is 19.3 Å². The third-order valence-electron chi connectivity index (χ3n) is 2.55. The minimum atomic E-state index is -0.978. The van der Waals surface area contributed by atoms with Crippen LogP contribution in [0, 0.1) is 6.92 Å². The molecule has 0 bridgehead atoms. The van der Waals surface area contributed by atoms with E-state index in [0.29, 0.717) is 6.42 Å². The number of carbonyl (C=O) groups is 1. The van der Waals surface area contributed by atoms with E-state index in [-0.39, 0.29) is 6.04 Å². The number of carbonyl (C=O) groups excluding carboxylic acids is 1. The predicted octanol–water partition coefficient (Wildman–Crippen LogP) is 1.03. The number of methoxy groups -OCH3 is 1. The molecule has 0 amide bonds. The molecule has 5 nitrogen and oxygen atoms in total. The monoisotopic (exact) mass is 225 g/mol. The van der Waals surface area contributed by atoms with Gasteiger partial charge in [-0.3, -0.25) is 9.48 Å². The summed E-state index contributed by atoms with van der Waals surface area (Å²) in [5, 5.41) is 4.19. The fraction of sp³-hybridized carbons (Fsp3) is 0.636. The summed E-state index contributed by atoms with van der Waals surface area (Å²) >= 11 is 0. The Morgan fingerprint density at radius 1 is 1.75 bits per heavy atom. The Labute approximate surface area is 95.6 Å². The maximum Gasteiger partial charge on any atom is 0.325 e. The van der Waals surface area contributed by atoms with Crippen molar-refractivity contribution in [1.29, 1.82) is 0 Å². The Morgan fingerprint density at radius 3 is 2.81 bits per heavy atom. The summed E-state index contributed by atoms with van der Waals surface area (Å²) in [5.74, 6) is -0.400. The normalized spacial score (nSPS) is 16.6. The highest BCUT2D eigenvalue weighted by atomic mass is 16.5. The van der Waals surface area contributed by atoms with Gasteiger partial charge in [0, 0.05) is 6.20 Å². The molecule has 0 fully saturated rings. The highest BCUT2D eigenvalue weighted by molar-refractivity contribution is 5.79. The molecule has 1 aromatic heterocycles. The van der Waals surface area contributed by atoms with Gasteiger partial charge in [0.1, 0.15) is 5.54 Å². The first-order chi connectivity index (χ1) is 7.36. The first-order valence-corrected chi connectivity index (χ1v) is 5.25. The van der Waals surface area contributed by atoms with Crippen molar-refractivity contribution in [3.63, 3.8) is 0 Å². The summed E-state index contributed by atoms with van der Waals surface area (Å²) in [5.41, 5.74) is 6.01. The largest absolute Gasteiger partial charge is 0.468 e. The van der Waals surface area contributed by atoms with E-state index in [1.165, 1.54) is 7.11 Å². The maximum absolute atomic E-state index is 11.4. The Hall–Kier alpha value is -1.36. The van der Waals surface area contributed by atoms with Gasteiger partial charge in [0.2, 0.25) is 0 Å². The second-order valence-corrected chi connectivity index (χ2v) is 4.46. The van der Waals surface area contributed by atoms with Crippen molar-refractivity contribution >= 4 is 5.97 Å². The van der Waals surface area contributed by atoms with Crippen molar-refractivity contribution in [2.24, 2.45) is 5.73 Å². The van der Waals surface area contributed by atoms with Gasteiger partial charge in [0.15, 0.2) is 0 Å².